The van der Waals surface area contributed by atoms with E-state index in [4.69, 9.17) is 0 Å². The summed E-state index contributed by atoms with van der Waals surface area (Å²) >= 11 is 0. The van der Waals surface area contributed by atoms with Crippen LogP contribution in [0.2, 0.25) is 0 Å². The average Bonchev–Trinajstić information content (AvgIpc) is 3.34. The Hall–Kier alpha value is -1.44. The fourth-order valence-corrected chi connectivity index (χ4v) is 6.74. The van der Waals surface area contributed by atoms with Crippen LogP contribution >= 0.6 is 0 Å². The van der Waals surface area contributed by atoms with E-state index in [0.717, 1.165) is 30.6 Å². The first-order valence-corrected chi connectivity index (χ1v) is 9.24. The zero-order chi connectivity index (χ0) is 15.7. The van der Waals surface area contributed by atoms with Crippen LogP contribution in [0.3, 0.4) is 0 Å². The number of carbonyl (C=O) groups excluding carboxylic acids is 1. The molecule has 120 valence electrons. The Balaban J connectivity index is 1.56. The highest BCUT2D eigenvalue weighted by atomic mass is 16.1. The number of carbonyl (C=O) groups is 1. The third kappa shape index (κ3) is 1.81. The van der Waals surface area contributed by atoms with Crippen LogP contribution < -0.4 is 0 Å². The van der Waals surface area contributed by atoms with Gasteiger partial charge in [0.15, 0.2) is 0 Å². The molecule has 4 bridgehead atoms. The number of nitrogens with zero attached hydrogens (tertiary/aromatic N) is 1. The zero-order valence-electron chi connectivity index (χ0n) is 13.7. The molecule has 5 unspecified atom stereocenters. The standard InChI is InChI=1S/C21H25NO/c1-22-19(23)21-11-15-10-20(13-21,16-5-3-2-4-6-16)12-18(21)17(15)9-14-7-8-14/h2-6,14-15,17-18H,1,7-13H2. The van der Waals surface area contributed by atoms with Crippen molar-refractivity contribution in [3.05, 3.63) is 35.9 Å². The second-order valence-electron chi connectivity index (χ2n) is 8.76. The van der Waals surface area contributed by atoms with E-state index in [2.05, 4.69) is 42.0 Å². The Morgan fingerprint density at radius 3 is 2.65 bits per heavy atom. The van der Waals surface area contributed by atoms with E-state index in [0.29, 0.717) is 5.92 Å². The van der Waals surface area contributed by atoms with Gasteiger partial charge in [0.2, 0.25) is 0 Å². The predicted octanol–water partition coefficient (Wildman–Crippen LogP) is 4.39. The topological polar surface area (TPSA) is 29.4 Å². The molecule has 0 aromatic heterocycles. The molecule has 1 aromatic carbocycles. The maximum atomic E-state index is 12.8. The molecule has 0 saturated heterocycles. The molecule has 5 atom stereocenters. The van der Waals surface area contributed by atoms with E-state index >= 15 is 0 Å². The normalized spacial score (nSPS) is 43.7. The SMILES string of the molecule is C=NC(=O)C12CC3CC(c4ccccc4)(CC1C3CC1CC1)C2. The summed E-state index contributed by atoms with van der Waals surface area (Å²) in [7, 11) is 0. The fraction of sp³-hybridized carbons (Fsp3) is 0.619. The highest BCUT2D eigenvalue weighted by Crippen LogP contribution is 2.74. The smallest absolute Gasteiger partial charge is 0.251 e. The van der Waals surface area contributed by atoms with Crippen molar-refractivity contribution in [2.75, 3.05) is 0 Å². The second kappa shape index (κ2) is 4.55. The summed E-state index contributed by atoms with van der Waals surface area (Å²) in [6, 6.07) is 11.0. The molecule has 0 heterocycles. The Bertz CT molecular complexity index is 664. The largest absolute Gasteiger partial charge is 0.272 e. The molecule has 0 radical (unpaired) electrons. The van der Waals surface area contributed by atoms with Crippen molar-refractivity contribution in [1.29, 1.82) is 0 Å². The van der Waals surface area contributed by atoms with Crippen LogP contribution in [-0.4, -0.2) is 12.6 Å². The van der Waals surface area contributed by atoms with Gasteiger partial charge in [0.1, 0.15) is 0 Å². The maximum absolute atomic E-state index is 12.8. The van der Waals surface area contributed by atoms with E-state index in [1.807, 2.05) is 0 Å². The molecule has 23 heavy (non-hydrogen) atoms. The van der Waals surface area contributed by atoms with Crippen molar-refractivity contribution < 1.29 is 4.79 Å². The molecule has 0 N–H and O–H groups in total. The van der Waals surface area contributed by atoms with Gasteiger partial charge in [-0.15, -0.1) is 0 Å². The van der Waals surface area contributed by atoms with Crippen LogP contribution in [0.25, 0.3) is 0 Å². The summed E-state index contributed by atoms with van der Waals surface area (Å²) in [5.74, 6) is 3.11. The first-order valence-electron chi connectivity index (χ1n) is 9.24. The van der Waals surface area contributed by atoms with Crippen molar-refractivity contribution >= 4 is 12.6 Å². The molecule has 1 aromatic rings. The third-order valence-electron chi connectivity index (χ3n) is 7.63. The minimum atomic E-state index is -0.180. The summed E-state index contributed by atoms with van der Waals surface area (Å²) in [5, 5.41) is 0. The lowest BCUT2D eigenvalue weighted by Crippen LogP contribution is -2.37. The van der Waals surface area contributed by atoms with E-state index in [-0.39, 0.29) is 16.7 Å². The summed E-state index contributed by atoms with van der Waals surface area (Å²) in [4.78, 5) is 16.7. The van der Waals surface area contributed by atoms with Gasteiger partial charge in [-0.2, -0.15) is 0 Å². The van der Waals surface area contributed by atoms with Crippen molar-refractivity contribution in [3.8, 4) is 0 Å². The Kier molecular flexibility index (Phi) is 2.76. The van der Waals surface area contributed by atoms with Crippen LogP contribution in [0.15, 0.2) is 35.3 Å². The molecule has 6 rings (SSSR count). The van der Waals surface area contributed by atoms with Crippen molar-refractivity contribution in [2.45, 2.75) is 50.4 Å². The van der Waals surface area contributed by atoms with Crippen molar-refractivity contribution in [3.63, 3.8) is 0 Å². The monoisotopic (exact) mass is 307 g/mol. The van der Waals surface area contributed by atoms with Gasteiger partial charge in [-0.1, -0.05) is 43.2 Å². The van der Waals surface area contributed by atoms with Gasteiger partial charge in [-0.3, -0.25) is 4.79 Å². The van der Waals surface area contributed by atoms with Gasteiger partial charge in [0, 0.05) is 0 Å². The number of hydrogen-bond acceptors (Lipinski definition) is 1. The van der Waals surface area contributed by atoms with Crippen LogP contribution in [0.5, 0.6) is 0 Å². The average molecular weight is 307 g/mol. The third-order valence-corrected chi connectivity index (χ3v) is 7.63. The molecule has 2 nitrogen and oxygen atoms in total. The summed E-state index contributed by atoms with van der Waals surface area (Å²) in [6.45, 7) is 3.59. The van der Waals surface area contributed by atoms with Crippen LogP contribution in [-0.2, 0) is 10.2 Å². The van der Waals surface area contributed by atoms with Crippen LogP contribution in [0, 0.1) is 29.1 Å². The molecule has 0 spiro atoms. The Labute approximate surface area is 138 Å². The van der Waals surface area contributed by atoms with Crippen LogP contribution in [0.1, 0.15) is 50.5 Å². The first kappa shape index (κ1) is 13.9. The molecule has 2 heteroatoms. The van der Waals surface area contributed by atoms with E-state index in [1.165, 1.54) is 37.7 Å². The number of aliphatic imine (C=N–C) groups is 1. The van der Waals surface area contributed by atoms with Crippen molar-refractivity contribution in [2.24, 2.45) is 34.1 Å². The van der Waals surface area contributed by atoms with E-state index in [9.17, 15) is 4.79 Å². The highest BCUT2D eigenvalue weighted by molar-refractivity contribution is 5.88. The lowest BCUT2D eigenvalue weighted by Gasteiger charge is -2.43. The maximum Gasteiger partial charge on any atom is 0.251 e. The van der Waals surface area contributed by atoms with Gasteiger partial charge in [-0.25, -0.2) is 4.99 Å². The van der Waals surface area contributed by atoms with E-state index in [1.54, 1.807) is 0 Å². The summed E-state index contributed by atoms with van der Waals surface area (Å²) in [6.07, 6.45) is 8.79. The Morgan fingerprint density at radius 2 is 1.96 bits per heavy atom. The minimum absolute atomic E-state index is 0.100. The summed E-state index contributed by atoms with van der Waals surface area (Å²) in [5.41, 5.74) is 1.51. The lowest BCUT2D eigenvalue weighted by atomic mass is 9.61. The fourth-order valence-electron chi connectivity index (χ4n) is 6.74. The number of amides is 1. The second-order valence-corrected chi connectivity index (χ2v) is 8.76. The van der Waals surface area contributed by atoms with Crippen LogP contribution in [0.4, 0.5) is 0 Å². The van der Waals surface area contributed by atoms with E-state index < -0.39 is 0 Å². The van der Waals surface area contributed by atoms with Gasteiger partial charge in [0.25, 0.3) is 5.91 Å². The number of rotatable bonds is 4. The Morgan fingerprint density at radius 1 is 1.17 bits per heavy atom. The molecule has 5 fully saturated rings. The molecule has 5 aliphatic carbocycles. The minimum Gasteiger partial charge on any atom is -0.272 e. The quantitative estimate of drug-likeness (QED) is 0.759. The first-order chi connectivity index (χ1) is 11.2. The lowest BCUT2D eigenvalue weighted by molar-refractivity contribution is -0.129. The molecule has 1 amide bonds. The molecular weight excluding hydrogens is 282 g/mol. The van der Waals surface area contributed by atoms with Gasteiger partial charge < -0.3 is 0 Å². The molecular formula is C21H25NO. The van der Waals surface area contributed by atoms with Gasteiger partial charge in [0.05, 0.1) is 5.41 Å². The van der Waals surface area contributed by atoms with Gasteiger partial charge in [-0.05, 0) is 73.5 Å². The van der Waals surface area contributed by atoms with Crippen molar-refractivity contribution in [1.82, 2.24) is 0 Å². The predicted molar refractivity (Wildman–Crippen MR) is 91.4 cm³/mol. The number of hydrogen-bond donors (Lipinski definition) is 0. The summed E-state index contributed by atoms with van der Waals surface area (Å²) < 4.78 is 0. The molecule has 5 aliphatic rings. The zero-order valence-corrected chi connectivity index (χ0v) is 13.7. The van der Waals surface area contributed by atoms with Gasteiger partial charge >= 0.3 is 0 Å². The molecule has 0 aliphatic heterocycles. The highest BCUT2D eigenvalue weighted by Gasteiger charge is 2.70. The molecule has 5 saturated carbocycles. The number of benzene rings is 1.